The molecule has 0 N–H and O–H groups in total. The monoisotopic (exact) mass is 406 g/mol. The molecular formula is C19H26N4O4S. The van der Waals surface area contributed by atoms with E-state index in [9.17, 15) is 13.2 Å². The molecule has 2 aromatic rings. The Kier molecular flexibility index (Phi) is 5.85. The van der Waals surface area contributed by atoms with E-state index in [1.54, 1.807) is 17.0 Å². The topological polar surface area (TPSA) is 96.6 Å². The molecule has 0 bridgehead atoms. The Balaban J connectivity index is 1.73. The van der Waals surface area contributed by atoms with E-state index in [1.807, 2.05) is 13.8 Å². The zero-order valence-electron chi connectivity index (χ0n) is 16.6. The molecule has 1 aromatic carbocycles. The van der Waals surface area contributed by atoms with E-state index in [4.69, 9.17) is 4.52 Å². The molecule has 1 fully saturated rings. The van der Waals surface area contributed by atoms with Gasteiger partial charge in [-0.2, -0.15) is 4.98 Å². The molecule has 1 aliphatic heterocycles. The van der Waals surface area contributed by atoms with Crippen LogP contribution in [0, 0.1) is 0 Å². The Morgan fingerprint density at radius 2 is 1.93 bits per heavy atom. The van der Waals surface area contributed by atoms with Crippen molar-refractivity contribution >= 4 is 15.9 Å². The highest BCUT2D eigenvalue weighted by Crippen LogP contribution is 2.27. The number of amides is 1. The summed E-state index contributed by atoms with van der Waals surface area (Å²) >= 11 is 0. The van der Waals surface area contributed by atoms with Crippen molar-refractivity contribution in [2.45, 2.75) is 43.4 Å². The van der Waals surface area contributed by atoms with Crippen LogP contribution in [-0.4, -0.2) is 60.9 Å². The van der Waals surface area contributed by atoms with Gasteiger partial charge in [-0.25, -0.2) is 12.7 Å². The number of benzene rings is 1. The van der Waals surface area contributed by atoms with Crippen molar-refractivity contribution < 1.29 is 17.7 Å². The first-order chi connectivity index (χ1) is 13.2. The fraction of sp³-hybridized carbons (Fsp3) is 0.526. The van der Waals surface area contributed by atoms with Crippen LogP contribution < -0.4 is 0 Å². The van der Waals surface area contributed by atoms with Crippen molar-refractivity contribution in [3.8, 4) is 0 Å². The van der Waals surface area contributed by atoms with Crippen molar-refractivity contribution in [3.05, 3.63) is 41.5 Å². The van der Waals surface area contributed by atoms with Gasteiger partial charge in [0.15, 0.2) is 5.82 Å². The molecule has 1 amide bonds. The largest absolute Gasteiger partial charge is 0.339 e. The standard InChI is InChI=1S/C19H26N4O4S/c1-13(2)18-20-17(21-27-18)15-6-5-11-23(12-15)19(24)14-7-9-16(10-8-14)28(25,26)22(3)4/h7-10,13,15H,5-6,11-12H2,1-4H3/t15-/m1/s1. The number of likely N-dealkylation sites (tertiary alicyclic amines) is 1. The van der Waals surface area contributed by atoms with Crippen LogP contribution in [0.5, 0.6) is 0 Å². The normalized spacial score (nSPS) is 18.1. The molecule has 2 heterocycles. The summed E-state index contributed by atoms with van der Waals surface area (Å²) in [6.45, 7) is 5.16. The third kappa shape index (κ3) is 4.10. The lowest BCUT2D eigenvalue weighted by Crippen LogP contribution is -2.39. The van der Waals surface area contributed by atoms with Gasteiger partial charge in [0.05, 0.1) is 4.90 Å². The first kappa shape index (κ1) is 20.5. The van der Waals surface area contributed by atoms with Gasteiger partial charge in [0.1, 0.15) is 0 Å². The molecule has 1 aliphatic rings. The molecule has 1 atom stereocenters. The summed E-state index contributed by atoms with van der Waals surface area (Å²) < 4.78 is 30.8. The van der Waals surface area contributed by atoms with Crippen molar-refractivity contribution in [1.29, 1.82) is 0 Å². The summed E-state index contributed by atoms with van der Waals surface area (Å²) in [6.07, 6.45) is 1.76. The maximum atomic E-state index is 12.9. The highest BCUT2D eigenvalue weighted by Gasteiger charge is 2.29. The Hall–Kier alpha value is -2.26. The number of nitrogens with zero attached hydrogens (tertiary/aromatic N) is 4. The van der Waals surface area contributed by atoms with Gasteiger partial charge >= 0.3 is 0 Å². The summed E-state index contributed by atoms with van der Waals surface area (Å²) in [5.41, 5.74) is 0.467. The molecule has 0 saturated carbocycles. The number of sulfonamides is 1. The predicted molar refractivity (Wildman–Crippen MR) is 104 cm³/mol. The molecule has 3 rings (SSSR count). The smallest absolute Gasteiger partial charge is 0.253 e. The SMILES string of the molecule is CC(C)c1nc([C@@H]2CCCN(C(=O)c3ccc(S(=O)(=O)N(C)C)cc3)C2)no1. The first-order valence-electron chi connectivity index (χ1n) is 9.35. The molecule has 152 valence electrons. The van der Waals surface area contributed by atoms with Crippen molar-refractivity contribution in [3.63, 3.8) is 0 Å². The van der Waals surface area contributed by atoms with E-state index in [0.29, 0.717) is 30.4 Å². The van der Waals surface area contributed by atoms with E-state index in [1.165, 1.54) is 26.2 Å². The second kappa shape index (κ2) is 8.00. The minimum atomic E-state index is -3.51. The molecule has 0 aliphatic carbocycles. The number of piperidine rings is 1. The molecule has 9 heteroatoms. The van der Waals surface area contributed by atoms with E-state index in [2.05, 4.69) is 10.1 Å². The summed E-state index contributed by atoms with van der Waals surface area (Å²) in [6, 6.07) is 6.07. The third-order valence-electron chi connectivity index (χ3n) is 4.90. The van der Waals surface area contributed by atoms with Gasteiger partial charge in [-0.15, -0.1) is 0 Å². The number of carbonyl (C=O) groups is 1. The van der Waals surface area contributed by atoms with Crippen LogP contribution in [0.3, 0.4) is 0 Å². The Morgan fingerprint density at radius 3 is 2.50 bits per heavy atom. The van der Waals surface area contributed by atoms with E-state index in [-0.39, 0.29) is 22.6 Å². The quantitative estimate of drug-likeness (QED) is 0.757. The third-order valence-corrected chi connectivity index (χ3v) is 6.73. The summed E-state index contributed by atoms with van der Waals surface area (Å²) in [4.78, 5) is 19.3. The molecule has 1 saturated heterocycles. The van der Waals surface area contributed by atoms with Crippen LogP contribution in [0.2, 0.25) is 0 Å². The number of carbonyl (C=O) groups excluding carboxylic acids is 1. The van der Waals surface area contributed by atoms with Crippen LogP contribution in [0.15, 0.2) is 33.7 Å². The number of hydrogen-bond acceptors (Lipinski definition) is 6. The molecule has 1 aromatic heterocycles. The number of rotatable bonds is 5. The van der Waals surface area contributed by atoms with Crippen LogP contribution >= 0.6 is 0 Å². The van der Waals surface area contributed by atoms with E-state index < -0.39 is 10.0 Å². The molecule has 8 nitrogen and oxygen atoms in total. The average Bonchev–Trinajstić information content (AvgIpc) is 3.18. The van der Waals surface area contributed by atoms with Gasteiger partial charge in [-0.1, -0.05) is 19.0 Å². The highest BCUT2D eigenvalue weighted by atomic mass is 32.2. The number of aromatic nitrogens is 2. The zero-order chi connectivity index (χ0) is 20.5. The van der Waals surface area contributed by atoms with Crippen molar-refractivity contribution in [2.75, 3.05) is 27.2 Å². The van der Waals surface area contributed by atoms with Crippen LogP contribution in [0.25, 0.3) is 0 Å². The molecular weight excluding hydrogens is 380 g/mol. The second-order valence-corrected chi connectivity index (χ2v) is 9.70. The Morgan fingerprint density at radius 1 is 1.25 bits per heavy atom. The fourth-order valence-corrected chi connectivity index (χ4v) is 4.08. The van der Waals surface area contributed by atoms with E-state index >= 15 is 0 Å². The Bertz CT molecular complexity index is 935. The average molecular weight is 407 g/mol. The van der Waals surface area contributed by atoms with Gasteiger partial charge in [0, 0.05) is 44.6 Å². The zero-order valence-corrected chi connectivity index (χ0v) is 17.4. The van der Waals surface area contributed by atoms with Crippen molar-refractivity contribution in [2.24, 2.45) is 0 Å². The lowest BCUT2D eigenvalue weighted by Gasteiger charge is -2.31. The second-order valence-electron chi connectivity index (χ2n) is 7.55. The summed E-state index contributed by atoms with van der Waals surface area (Å²) in [7, 11) is -0.558. The van der Waals surface area contributed by atoms with Crippen LogP contribution in [0.4, 0.5) is 0 Å². The predicted octanol–water partition coefficient (Wildman–Crippen LogP) is 2.46. The number of hydrogen-bond donors (Lipinski definition) is 0. The highest BCUT2D eigenvalue weighted by molar-refractivity contribution is 7.89. The van der Waals surface area contributed by atoms with Crippen LogP contribution in [0.1, 0.15) is 60.6 Å². The van der Waals surface area contributed by atoms with Crippen LogP contribution in [-0.2, 0) is 10.0 Å². The minimum absolute atomic E-state index is 0.0438. The molecule has 0 spiro atoms. The fourth-order valence-electron chi connectivity index (χ4n) is 3.18. The molecule has 28 heavy (non-hydrogen) atoms. The maximum Gasteiger partial charge on any atom is 0.253 e. The van der Waals surface area contributed by atoms with Gasteiger partial charge in [0.25, 0.3) is 5.91 Å². The lowest BCUT2D eigenvalue weighted by molar-refractivity contribution is 0.0703. The lowest BCUT2D eigenvalue weighted by atomic mass is 9.96. The van der Waals surface area contributed by atoms with Gasteiger partial charge in [-0.05, 0) is 37.1 Å². The molecule has 0 radical (unpaired) electrons. The van der Waals surface area contributed by atoms with Crippen molar-refractivity contribution in [1.82, 2.24) is 19.3 Å². The minimum Gasteiger partial charge on any atom is -0.339 e. The summed E-state index contributed by atoms with van der Waals surface area (Å²) in [5.74, 6) is 1.35. The molecule has 0 unspecified atom stereocenters. The van der Waals surface area contributed by atoms with Gasteiger partial charge in [0.2, 0.25) is 15.9 Å². The first-order valence-corrected chi connectivity index (χ1v) is 10.8. The van der Waals surface area contributed by atoms with E-state index in [0.717, 1.165) is 17.1 Å². The summed E-state index contributed by atoms with van der Waals surface area (Å²) in [5, 5.41) is 4.09. The van der Waals surface area contributed by atoms with Gasteiger partial charge in [-0.3, -0.25) is 4.79 Å². The maximum absolute atomic E-state index is 12.9. The van der Waals surface area contributed by atoms with Gasteiger partial charge < -0.3 is 9.42 Å². The Labute approximate surface area is 165 Å².